The molecule has 1 amide bonds. The first-order valence-electron chi connectivity index (χ1n) is 10.6. The zero-order valence-corrected chi connectivity index (χ0v) is 18.8. The number of aromatic hydroxyl groups is 1. The summed E-state index contributed by atoms with van der Waals surface area (Å²) in [5.74, 6) is 0.151. The first-order valence-corrected chi connectivity index (χ1v) is 10.6. The third kappa shape index (κ3) is 5.54. The Balaban J connectivity index is 1.80. The number of nitrogens with zero attached hydrogens (tertiary/aromatic N) is 3. The van der Waals surface area contributed by atoms with Gasteiger partial charge in [0.25, 0.3) is 0 Å². The van der Waals surface area contributed by atoms with Gasteiger partial charge in [-0.2, -0.15) is 5.10 Å². The van der Waals surface area contributed by atoms with Crippen molar-refractivity contribution in [2.75, 3.05) is 13.1 Å². The highest BCUT2D eigenvalue weighted by Crippen LogP contribution is 2.27. The number of phenols is 1. The molecule has 2 aromatic rings. The molecule has 9 heteroatoms. The smallest absolute Gasteiger partial charge is 0.410 e. The van der Waals surface area contributed by atoms with Crippen molar-refractivity contribution in [2.24, 2.45) is 17.2 Å². The summed E-state index contributed by atoms with van der Waals surface area (Å²) >= 11 is 0. The molecule has 9 nitrogen and oxygen atoms in total. The molecule has 2 heterocycles. The highest BCUT2D eigenvalue weighted by Gasteiger charge is 2.29. The Morgan fingerprint density at radius 2 is 1.97 bits per heavy atom. The molecule has 0 radical (unpaired) electrons. The predicted octanol–water partition coefficient (Wildman–Crippen LogP) is 2.75. The lowest BCUT2D eigenvalue weighted by atomic mass is 10.0. The van der Waals surface area contributed by atoms with Crippen molar-refractivity contribution in [1.82, 2.24) is 14.7 Å². The second kappa shape index (κ2) is 9.25. The van der Waals surface area contributed by atoms with Crippen LogP contribution in [-0.4, -0.2) is 44.6 Å². The van der Waals surface area contributed by atoms with Gasteiger partial charge in [-0.25, -0.2) is 4.79 Å². The standard InChI is InChI=1S/C23H32N6O3/c1-23(2,3)32-22(31)28-10-6-7-16(14-28)29-13-15(12-27-29)18(21(25)26)11-19(24)17-8-4-5-9-20(17)30/h4-5,8-9,11-13,16,30H,6-7,10,14,24-26H2,1-3H3/b19-11-. The third-order valence-corrected chi connectivity index (χ3v) is 5.16. The first kappa shape index (κ1) is 23.1. The normalized spacial score (nSPS) is 17.2. The van der Waals surface area contributed by atoms with Gasteiger partial charge in [0.2, 0.25) is 0 Å². The van der Waals surface area contributed by atoms with Crippen LogP contribution >= 0.6 is 0 Å². The fourth-order valence-corrected chi connectivity index (χ4v) is 3.62. The Bertz CT molecular complexity index is 1030. The summed E-state index contributed by atoms with van der Waals surface area (Å²) in [7, 11) is 0. The van der Waals surface area contributed by atoms with Gasteiger partial charge in [0.1, 0.15) is 17.2 Å². The van der Waals surface area contributed by atoms with Crippen molar-refractivity contribution < 1.29 is 14.6 Å². The highest BCUT2D eigenvalue weighted by molar-refractivity contribution is 5.84. The van der Waals surface area contributed by atoms with E-state index >= 15 is 0 Å². The summed E-state index contributed by atoms with van der Waals surface area (Å²) < 4.78 is 7.32. The van der Waals surface area contributed by atoms with Gasteiger partial charge in [0.05, 0.1) is 12.2 Å². The van der Waals surface area contributed by atoms with Crippen LogP contribution in [0.25, 0.3) is 11.3 Å². The van der Waals surface area contributed by atoms with Gasteiger partial charge in [0.15, 0.2) is 0 Å². The summed E-state index contributed by atoms with van der Waals surface area (Å²) in [6.07, 6.45) is 6.54. The number of hydrogen-bond donors (Lipinski definition) is 4. The van der Waals surface area contributed by atoms with Crippen LogP contribution in [0, 0.1) is 0 Å². The van der Waals surface area contributed by atoms with E-state index in [1.54, 1.807) is 41.4 Å². The summed E-state index contributed by atoms with van der Waals surface area (Å²) in [6, 6.07) is 6.77. The Labute approximate surface area is 188 Å². The number of benzene rings is 1. The van der Waals surface area contributed by atoms with Crippen molar-refractivity contribution in [3.8, 4) is 5.75 Å². The zero-order chi connectivity index (χ0) is 23.5. The first-order chi connectivity index (χ1) is 15.0. The Hall–Kier alpha value is -3.62. The molecule has 172 valence electrons. The van der Waals surface area contributed by atoms with E-state index in [1.807, 2.05) is 31.6 Å². The van der Waals surface area contributed by atoms with Crippen molar-refractivity contribution in [3.63, 3.8) is 0 Å². The number of nitrogens with two attached hydrogens (primary N) is 3. The lowest BCUT2D eigenvalue weighted by Gasteiger charge is -2.34. The van der Waals surface area contributed by atoms with Gasteiger partial charge >= 0.3 is 6.09 Å². The monoisotopic (exact) mass is 440 g/mol. The molecule has 0 spiro atoms. The molecule has 0 saturated carbocycles. The van der Waals surface area contributed by atoms with E-state index in [9.17, 15) is 9.90 Å². The van der Waals surface area contributed by atoms with Crippen LogP contribution < -0.4 is 17.2 Å². The van der Waals surface area contributed by atoms with Crippen LogP contribution in [0.5, 0.6) is 5.75 Å². The lowest BCUT2D eigenvalue weighted by Crippen LogP contribution is -2.43. The Kier molecular flexibility index (Phi) is 6.67. The number of allylic oxidation sites excluding steroid dienone is 2. The number of ether oxygens (including phenoxy) is 1. The molecule has 1 aliphatic heterocycles. The quantitative estimate of drug-likeness (QED) is 0.535. The summed E-state index contributed by atoms with van der Waals surface area (Å²) in [5.41, 5.74) is 19.5. The van der Waals surface area contributed by atoms with Crippen LogP contribution in [0.3, 0.4) is 0 Å². The van der Waals surface area contributed by atoms with Crippen molar-refractivity contribution in [3.05, 3.63) is 59.7 Å². The average Bonchev–Trinajstić information content (AvgIpc) is 3.20. The van der Waals surface area contributed by atoms with Crippen molar-refractivity contribution >= 4 is 17.4 Å². The topological polar surface area (TPSA) is 146 Å². The molecule has 1 fully saturated rings. The van der Waals surface area contributed by atoms with Crippen LogP contribution in [0.4, 0.5) is 4.79 Å². The SMILES string of the molecule is CC(C)(C)OC(=O)N1CCCC(n2cc(C(/C=C(\N)c3ccccc3O)=C(N)N)cn2)C1. The second-order valence-corrected chi connectivity index (χ2v) is 8.92. The molecule has 1 aliphatic rings. The summed E-state index contributed by atoms with van der Waals surface area (Å²) in [4.78, 5) is 14.2. The molecule has 1 unspecified atom stereocenters. The number of phenolic OH excluding ortho intramolecular Hbond substituents is 1. The van der Waals surface area contributed by atoms with Crippen molar-refractivity contribution in [2.45, 2.75) is 45.3 Å². The number of carbonyl (C=O) groups excluding carboxylic acids is 1. The Morgan fingerprint density at radius 1 is 1.25 bits per heavy atom. The van der Waals surface area contributed by atoms with Crippen molar-refractivity contribution in [1.29, 1.82) is 0 Å². The van der Waals surface area contributed by atoms with E-state index < -0.39 is 5.60 Å². The number of para-hydroxylation sites is 1. The minimum atomic E-state index is -0.541. The lowest BCUT2D eigenvalue weighted by molar-refractivity contribution is 0.0167. The molecular weight excluding hydrogens is 408 g/mol. The molecular formula is C23H32N6O3. The number of piperidine rings is 1. The number of carbonyl (C=O) groups is 1. The van der Waals surface area contributed by atoms with Crippen LogP contribution in [0.1, 0.15) is 50.8 Å². The van der Waals surface area contributed by atoms with Crippen LogP contribution in [0.15, 0.2) is 48.6 Å². The number of amides is 1. The summed E-state index contributed by atoms with van der Waals surface area (Å²) in [5, 5.41) is 14.5. The van der Waals surface area contributed by atoms with E-state index in [4.69, 9.17) is 21.9 Å². The largest absolute Gasteiger partial charge is 0.507 e. The number of likely N-dealkylation sites (tertiary alicyclic amines) is 1. The van der Waals surface area contributed by atoms with E-state index in [1.165, 1.54) is 0 Å². The molecule has 1 atom stereocenters. The second-order valence-electron chi connectivity index (χ2n) is 8.92. The maximum atomic E-state index is 12.5. The molecule has 1 aromatic heterocycles. The third-order valence-electron chi connectivity index (χ3n) is 5.16. The highest BCUT2D eigenvalue weighted by atomic mass is 16.6. The number of aromatic nitrogens is 2. The Morgan fingerprint density at radius 3 is 2.62 bits per heavy atom. The van der Waals surface area contributed by atoms with E-state index in [-0.39, 0.29) is 23.7 Å². The predicted molar refractivity (Wildman–Crippen MR) is 124 cm³/mol. The van der Waals surface area contributed by atoms with Gasteiger partial charge in [-0.3, -0.25) is 4.68 Å². The zero-order valence-electron chi connectivity index (χ0n) is 18.8. The van der Waals surface area contributed by atoms with Crippen LogP contribution in [-0.2, 0) is 4.74 Å². The van der Waals surface area contributed by atoms with E-state index in [2.05, 4.69) is 5.10 Å². The summed E-state index contributed by atoms with van der Waals surface area (Å²) in [6.45, 7) is 6.71. The van der Waals surface area contributed by atoms with Gasteiger partial charge in [-0.1, -0.05) is 12.1 Å². The molecule has 0 aliphatic carbocycles. The molecule has 32 heavy (non-hydrogen) atoms. The molecule has 0 bridgehead atoms. The minimum absolute atomic E-state index is 0.00441. The molecule has 3 rings (SSSR count). The van der Waals surface area contributed by atoms with Gasteiger partial charge in [-0.15, -0.1) is 0 Å². The molecule has 1 saturated heterocycles. The number of rotatable bonds is 4. The van der Waals surface area contributed by atoms with Gasteiger partial charge in [0, 0.05) is 41.7 Å². The van der Waals surface area contributed by atoms with Gasteiger partial charge < -0.3 is 31.9 Å². The number of hydrogen-bond acceptors (Lipinski definition) is 7. The maximum Gasteiger partial charge on any atom is 0.410 e. The minimum Gasteiger partial charge on any atom is -0.507 e. The van der Waals surface area contributed by atoms with E-state index in [0.717, 1.165) is 12.8 Å². The molecule has 7 N–H and O–H groups in total. The van der Waals surface area contributed by atoms with Gasteiger partial charge in [-0.05, 0) is 51.8 Å². The van der Waals surface area contributed by atoms with E-state index in [0.29, 0.717) is 35.5 Å². The van der Waals surface area contributed by atoms with Crippen LogP contribution in [0.2, 0.25) is 0 Å². The maximum absolute atomic E-state index is 12.5. The fraction of sp³-hybridized carbons (Fsp3) is 0.391. The average molecular weight is 441 g/mol. The molecule has 1 aromatic carbocycles. The fourth-order valence-electron chi connectivity index (χ4n) is 3.62.